The van der Waals surface area contributed by atoms with Crippen molar-refractivity contribution in [3.8, 4) is 11.3 Å². The summed E-state index contributed by atoms with van der Waals surface area (Å²) in [6.45, 7) is 3.77. The number of fused-ring (bicyclic) bond motifs is 2. The van der Waals surface area contributed by atoms with E-state index in [1.807, 2.05) is 17.0 Å². The van der Waals surface area contributed by atoms with Gasteiger partial charge in [-0.15, -0.1) is 24.8 Å². The van der Waals surface area contributed by atoms with Gasteiger partial charge in [-0.1, -0.05) is 0 Å². The zero-order valence-electron chi connectivity index (χ0n) is 12.4. The molecule has 1 unspecified atom stereocenters. The molecule has 2 atom stereocenters. The van der Waals surface area contributed by atoms with Crippen molar-refractivity contribution in [2.75, 3.05) is 26.2 Å². The molecule has 0 saturated carbocycles. The molecule has 2 aliphatic heterocycles. The predicted molar refractivity (Wildman–Crippen MR) is 90.1 cm³/mol. The van der Waals surface area contributed by atoms with Gasteiger partial charge >= 0.3 is 5.91 Å². The number of nitrogens with zero attached hydrogens (tertiary/aromatic N) is 4. The van der Waals surface area contributed by atoms with Crippen molar-refractivity contribution in [1.82, 2.24) is 19.8 Å². The van der Waals surface area contributed by atoms with E-state index in [0.29, 0.717) is 11.8 Å². The fourth-order valence-electron chi connectivity index (χ4n) is 3.11. The molecule has 0 radical (unpaired) electrons. The van der Waals surface area contributed by atoms with Gasteiger partial charge in [0.05, 0.1) is 6.20 Å². The minimum atomic E-state index is -0.0955. The van der Waals surface area contributed by atoms with E-state index in [4.69, 9.17) is 4.42 Å². The Balaban J connectivity index is 0.000000960. The van der Waals surface area contributed by atoms with Crippen molar-refractivity contribution in [2.24, 2.45) is 0 Å². The van der Waals surface area contributed by atoms with Gasteiger partial charge < -0.3 is 9.32 Å². The molecule has 0 spiro atoms. The zero-order chi connectivity index (χ0) is 14.2. The Morgan fingerprint density at radius 3 is 2.74 bits per heavy atom. The molecule has 124 valence electrons. The van der Waals surface area contributed by atoms with Gasteiger partial charge in [-0.25, -0.2) is 4.98 Å². The first kappa shape index (κ1) is 17.7. The summed E-state index contributed by atoms with van der Waals surface area (Å²) in [7, 11) is 0. The molecular weight excluding hydrogens is 339 g/mol. The summed E-state index contributed by atoms with van der Waals surface area (Å²) in [4.78, 5) is 25.0. The third-order valence-corrected chi connectivity index (χ3v) is 4.26. The first-order valence-electron chi connectivity index (χ1n) is 7.21. The van der Waals surface area contributed by atoms with Crippen LogP contribution in [0.3, 0.4) is 0 Å². The predicted octanol–water partition coefficient (Wildman–Crippen LogP) is 2.11. The molecule has 8 heteroatoms. The molecule has 0 aromatic carbocycles. The maximum atomic E-state index is 12.6. The Morgan fingerprint density at radius 1 is 1.17 bits per heavy atom. The molecule has 2 aromatic rings. The highest BCUT2D eigenvalue weighted by atomic mass is 35.5. The number of hydrogen-bond donors (Lipinski definition) is 0. The van der Waals surface area contributed by atoms with Crippen LogP contribution in [0.2, 0.25) is 0 Å². The number of oxazole rings is 1. The van der Waals surface area contributed by atoms with E-state index in [1.54, 1.807) is 18.6 Å². The average molecular weight is 357 g/mol. The zero-order valence-corrected chi connectivity index (χ0v) is 14.1. The lowest BCUT2D eigenvalue weighted by molar-refractivity contribution is 0.0570. The fourth-order valence-corrected chi connectivity index (χ4v) is 3.11. The second-order valence-electron chi connectivity index (χ2n) is 5.51. The maximum absolute atomic E-state index is 12.6. The molecule has 2 aromatic heterocycles. The quantitative estimate of drug-likeness (QED) is 0.824. The van der Waals surface area contributed by atoms with Crippen LogP contribution in [0, 0.1) is 0 Å². The summed E-state index contributed by atoms with van der Waals surface area (Å²) < 4.78 is 5.65. The number of piperazine rings is 1. The Bertz CT molecular complexity index is 665. The molecule has 2 bridgehead atoms. The normalized spacial score (nSPS) is 22.2. The highest BCUT2D eigenvalue weighted by molar-refractivity contribution is 5.90. The van der Waals surface area contributed by atoms with Crippen LogP contribution in [0.25, 0.3) is 11.3 Å². The minimum Gasteiger partial charge on any atom is -0.432 e. The smallest absolute Gasteiger partial charge is 0.310 e. The molecule has 6 nitrogen and oxygen atoms in total. The van der Waals surface area contributed by atoms with E-state index in [0.717, 1.165) is 38.2 Å². The number of halogens is 2. The monoisotopic (exact) mass is 356 g/mol. The molecule has 2 fully saturated rings. The lowest BCUT2D eigenvalue weighted by Gasteiger charge is -2.33. The summed E-state index contributed by atoms with van der Waals surface area (Å²) >= 11 is 0. The summed E-state index contributed by atoms with van der Waals surface area (Å²) in [6, 6.07) is 3.98. The minimum absolute atomic E-state index is 0. The van der Waals surface area contributed by atoms with Crippen LogP contribution in [0.4, 0.5) is 0 Å². The summed E-state index contributed by atoms with van der Waals surface area (Å²) in [5, 5.41) is 0. The van der Waals surface area contributed by atoms with Crippen molar-refractivity contribution in [2.45, 2.75) is 12.5 Å². The van der Waals surface area contributed by atoms with E-state index >= 15 is 0 Å². The molecule has 0 aliphatic carbocycles. The summed E-state index contributed by atoms with van der Waals surface area (Å²) in [6.07, 6.45) is 6.03. The number of hydrogen-bond acceptors (Lipinski definition) is 5. The molecule has 1 amide bonds. The van der Waals surface area contributed by atoms with Crippen molar-refractivity contribution >= 4 is 30.7 Å². The molecule has 0 N–H and O–H groups in total. The Hall–Kier alpha value is -1.63. The molecule has 4 heterocycles. The Morgan fingerprint density at radius 2 is 1.96 bits per heavy atom. The van der Waals surface area contributed by atoms with Crippen LogP contribution < -0.4 is 0 Å². The number of aromatic nitrogens is 2. The third kappa shape index (κ3) is 3.34. The summed E-state index contributed by atoms with van der Waals surface area (Å²) in [5.74, 6) is 0.690. The van der Waals surface area contributed by atoms with Crippen LogP contribution in [0.15, 0.2) is 35.1 Å². The lowest BCUT2D eigenvalue weighted by Crippen LogP contribution is -2.49. The number of carbonyl (C=O) groups is 1. The van der Waals surface area contributed by atoms with Crippen LogP contribution in [-0.2, 0) is 0 Å². The highest BCUT2D eigenvalue weighted by Crippen LogP contribution is 2.24. The Kier molecular flexibility index (Phi) is 5.62. The second kappa shape index (κ2) is 7.29. The molecule has 2 aliphatic rings. The first-order chi connectivity index (χ1) is 10.3. The average Bonchev–Trinajstić information content (AvgIpc) is 3.15. The van der Waals surface area contributed by atoms with Gasteiger partial charge in [0.2, 0.25) is 0 Å². The van der Waals surface area contributed by atoms with Gasteiger partial charge in [-0.05, 0) is 18.6 Å². The summed E-state index contributed by atoms with van der Waals surface area (Å²) in [5.41, 5.74) is 0.877. The van der Waals surface area contributed by atoms with E-state index in [-0.39, 0.29) is 36.6 Å². The lowest BCUT2D eigenvalue weighted by atomic mass is 10.2. The molecule has 23 heavy (non-hydrogen) atoms. The van der Waals surface area contributed by atoms with Gasteiger partial charge in [-0.3, -0.25) is 14.7 Å². The number of pyridine rings is 1. The van der Waals surface area contributed by atoms with Crippen molar-refractivity contribution < 1.29 is 9.21 Å². The van der Waals surface area contributed by atoms with Crippen molar-refractivity contribution in [1.29, 1.82) is 0 Å². The molecule has 2 saturated heterocycles. The van der Waals surface area contributed by atoms with Gasteiger partial charge in [0.15, 0.2) is 5.76 Å². The highest BCUT2D eigenvalue weighted by Gasteiger charge is 2.36. The van der Waals surface area contributed by atoms with E-state index in [1.165, 1.54) is 0 Å². The third-order valence-electron chi connectivity index (χ3n) is 4.26. The number of carbonyl (C=O) groups excluding carboxylic acids is 1. The fraction of sp³-hybridized carbons (Fsp3) is 0.400. The Labute approximate surface area is 146 Å². The van der Waals surface area contributed by atoms with Gasteiger partial charge in [0.25, 0.3) is 5.89 Å². The largest absolute Gasteiger partial charge is 0.432 e. The van der Waals surface area contributed by atoms with E-state index in [9.17, 15) is 4.79 Å². The maximum Gasteiger partial charge on any atom is 0.310 e. The second-order valence-corrected chi connectivity index (χ2v) is 5.51. The van der Waals surface area contributed by atoms with Gasteiger partial charge in [0.1, 0.15) is 0 Å². The van der Waals surface area contributed by atoms with Crippen LogP contribution in [0.1, 0.15) is 17.1 Å². The SMILES string of the molecule is Cl.Cl.O=C(c1ncc(-c2ccncc2)o1)N1CCN2CC[C@@H]1C2. The number of amides is 1. The molecular formula is C15H18Cl2N4O2. The van der Waals surface area contributed by atoms with Crippen LogP contribution >= 0.6 is 24.8 Å². The van der Waals surface area contributed by atoms with Gasteiger partial charge in [-0.2, -0.15) is 0 Å². The number of rotatable bonds is 2. The van der Waals surface area contributed by atoms with Crippen LogP contribution in [-0.4, -0.2) is 57.9 Å². The first-order valence-corrected chi connectivity index (χ1v) is 7.21. The van der Waals surface area contributed by atoms with Gasteiger partial charge in [0, 0.05) is 50.2 Å². The van der Waals surface area contributed by atoms with Crippen LogP contribution in [0.5, 0.6) is 0 Å². The van der Waals surface area contributed by atoms with Crippen molar-refractivity contribution in [3.05, 3.63) is 36.6 Å². The van der Waals surface area contributed by atoms with E-state index < -0.39 is 0 Å². The standard InChI is InChI=1S/C15H16N4O2.2ClH/c20-15(19-8-7-18-6-3-12(19)10-18)14-17-9-13(21-14)11-1-4-16-5-2-11;;/h1-2,4-5,9,12H,3,6-8,10H2;2*1H/t12-;;/m1../s1. The van der Waals surface area contributed by atoms with E-state index in [2.05, 4.69) is 14.9 Å². The molecule has 4 rings (SSSR count). The topological polar surface area (TPSA) is 62.5 Å². The van der Waals surface area contributed by atoms with Crippen molar-refractivity contribution in [3.63, 3.8) is 0 Å².